The van der Waals surface area contributed by atoms with Crippen LogP contribution in [0.5, 0.6) is 0 Å². The summed E-state index contributed by atoms with van der Waals surface area (Å²) in [5, 5.41) is 6.16. The topological polar surface area (TPSA) is 156 Å². The summed E-state index contributed by atoms with van der Waals surface area (Å²) in [5.74, 6) is 0.641. The molecule has 2 aromatic heterocycles. The van der Waals surface area contributed by atoms with E-state index in [1.807, 2.05) is 40.4 Å². The first-order valence-corrected chi connectivity index (χ1v) is 27.5. The number of likely N-dealkylation sites (tertiary alicyclic amines) is 3. The summed E-state index contributed by atoms with van der Waals surface area (Å²) in [7, 11) is 0. The first-order chi connectivity index (χ1) is 34.9. The minimum atomic E-state index is -0.682. The normalized spacial score (nSPS) is 25.8. The number of rotatable bonds is 10. The molecule has 2 aliphatic carbocycles. The predicted octanol–water partition coefficient (Wildman–Crippen LogP) is 7.54. The summed E-state index contributed by atoms with van der Waals surface area (Å²) >= 11 is 0. The Morgan fingerprint density at radius 3 is 2.17 bits per heavy atom. The molecule has 4 aromatic rings. The van der Waals surface area contributed by atoms with E-state index in [4.69, 9.17) is 9.97 Å². The van der Waals surface area contributed by atoms with Crippen LogP contribution in [0.4, 0.5) is 17.2 Å². The summed E-state index contributed by atoms with van der Waals surface area (Å²) in [5.41, 5.74) is 6.66. The maximum atomic E-state index is 15.3. The number of hydrogen-bond donors (Lipinski definition) is 2. The van der Waals surface area contributed by atoms with Crippen molar-refractivity contribution < 1.29 is 24.0 Å². The lowest BCUT2D eigenvalue weighted by Crippen LogP contribution is -2.59. The molecule has 0 radical (unpaired) electrons. The summed E-state index contributed by atoms with van der Waals surface area (Å²) in [6, 6.07) is 18.1. The van der Waals surface area contributed by atoms with Crippen molar-refractivity contribution in [2.75, 3.05) is 67.5 Å². The van der Waals surface area contributed by atoms with E-state index in [2.05, 4.69) is 74.9 Å². The van der Waals surface area contributed by atoms with Gasteiger partial charge in [-0.2, -0.15) is 0 Å². The molecule has 15 heteroatoms. The molecule has 2 N–H and O–H groups in total. The Kier molecular flexibility index (Phi) is 12.2. The number of benzene rings is 2. The van der Waals surface area contributed by atoms with Crippen molar-refractivity contribution >= 4 is 57.8 Å². The van der Waals surface area contributed by atoms with E-state index in [0.717, 1.165) is 115 Å². The van der Waals surface area contributed by atoms with Crippen LogP contribution >= 0.6 is 0 Å². The van der Waals surface area contributed by atoms with Gasteiger partial charge in [-0.3, -0.25) is 29.3 Å². The summed E-state index contributed by atoms with van der Waals surface area (Å²) < 4.78 is 2.20. The number of hydrogen-bond acceptors (Lipinski definition) is 10. The van der Waals surface area contributed by atoms with E-state index in [1.165, 1.54) is 19.3 Å². The molecule has 8 heterocycles. The minimum absolute atomic E-state index is 0.0447. The minimum Gasteiger partial charge on any atom is -0.371 e. The van der Waals surface area contributed by atoms with Crippen LogP contribution in [0.15, 0.2) is 54.9 Å². The molecule has 72 heavy (non-hydrogen) atoms. The van der Waals surface area contributed by atoms with Crippen LogP contribution in [-0.2, 0) is 29.4 Å². The van der Waals surface area contributed by atoms with Crippen LogP contribution < -0.4 is 20.4 Å². The zero-order valence-corrected chi connectivity index (χ0v) is 42.5. The largest absolute Gasteiger partial charge is 0.371 e. The average molecular weight is 977 g/mol. The van der Waals surface area contributed by atoms with Gasteiger partial charge in [0.25, 0.3) is 0 Å². The third-order valence-corrected chi connectivity index (χ3v) is 18.4. The van der Waals surface area contributed by atoms with E-state index in [1.54, 1.807) is 0 Å². The van der Waals surface area contributed by atoms with Gasteiger partial charge in [-0.05, 0) is 146 Å². The Bertz CT molecular complexity index is 2770. The number of carbonyl (C=O) groups is 5. The van der Waals surface area contributed by atoms with Crippen molar-refractivity contribution in [1.82, 2.24) is 34.6 Å². The van der Waals surface area contributed by atoms with Gasteiger partial charge in [0.05, 0.1) is 28.9 Å². The highest BCUT2D eigenvalue weighted by Crippen LogP contribution is 2.53. The molecule has 7 fully saturated rings. The number of pyridine rings is 1. The molecule has 1 spiro atoms. The number of carbonyl (C=O) groups excluding carboxylic acids is 5. The highest BCUT2D eigenvalue weighted by Gasteiger charge is 2.56. The second kappa shape index (κ2) is 18.6. The number of imidazole rings is 1. The number of amides is 5. The van der Waals surface area contributed by atoms with Crippen LogP contribution in [0.25, 0.3) is 22.3 Å². The van der Waals surface area contributed by atoms with Crippen LogP contribution in [0, 0.1) is 11.3 Å². The molecule has 1 unspecified atom stereocenters. The zero-order chi connectivity index (χ0) is 49.5. The fourth-order valence-corrected chi connectivity index (χ4v) is 13.5. The van der Waals surface area contributed by atoms with Crippen molar-refractivity contribution in [2.24, 2.45) is 11.3 Å². The molecule has 15 nitrogen and oxygen atoms in total. The Labute approximate surface area is 423 Å². The highest BCUT2D eigenvalue weighted by molar-refractivity contribution is 6.09. The van der Waals surface area contributed by atoms with Gasteiger partial charge in [-0.15, -0.1) is 0 Å². The Hall–Kier alpha value is -5.83. The Morgan fingerprint density at radius 1 is 0.778 bits per heavy atom. The van der Waals surface area contributed by atoms with Crippen LogP contribution in [0.1, 0.15) is 140 Å². The first kappa shape index (κ1) is 47.2. The van der Waals surface area contributed by atoms with Crippen molar-refractivity contribution in [2.45, 2.75) is 153 Å². The molecule has 2 saturated carbocycles. The van der Waals surface area contributed by atoms with Gasteiger partial charge in [0.1, 0.15) is 5.52 Å². The monoisotopic (exact) mass is 977 g/mol. The average Bonchev–Trinajstić information content (AvgIpc) is 4.05. The van der Waals surface area contributed by atoms with Crippen molar-refractivity contribution in [3.8, 4) is 11.3 Å². The van der Waals surface area contributed by atoms with Crippen LogP contribution in [0.2, 0.25) is 0 Å². The number of nitrogens with one attached hydrogen (secondary N) is 2. The second-order valence-corrected chi connectivity index (χ2v) is 23.3. The molecule has 8 aliphatic rings. The van der Waals surface area contributed by atoms with Gasteiger partial charge < -0.3 is 34.4 Å². The fraction of sp³-hybridized carbons (Fsp3) is 0.596. The Balaban J connectivity index is 0.705. The lowest BCUT2D eigenvalue weighted by atomic mass is 9.72. The van der Waals surface area contributed by atoms with E-state index in [9.17, 15) is 19.2 Å². The summed E-state index contributed by atoms with van der Waals surface area (Å²) in [6.07, 6.45) is 14.9. The third kappa shape index (κ3) is 8.44. The maximum Gasteiger partial charge on any atom is 0.238 e. The number of anilines is 3. The standard InChI is InChI=1S/C57H72N10O5/c1-36(2)66-35-58-47-34-46(60-51(50(47)66)59-40-10-11-40)39-9-15-45-48(31-39)67(43-32-42(33-43)62-23-5-4-6-24-62)55(72)57(45)21-29-65(30-22-57)54(71)56(3)19-27-64(28-20-56)53(70)38-17-25-63(26-18-38)41-12-7-37(8-13-41)44-14-16-49(68)61-52(44)69/h7-9,12-13,15,31,34-36,38,40,42-44H,4-6,10-11,14,16-30,32-33H2,1-3H3,(H,59,60)(H,61,68,69)/t42-,43+,44?. The number of imide groups is 1. The fourth-order valence-electron chi connectivity index (χ4n) is 13.5. The van der Waals surface area contributed by atoms with Crippen LogP contribution in [-0.4, -0.2) is 129 Å². The van der Waals surface area contributed by atoms with E-state index >= 15 is 4.79 Å². The zero-order valence-electron chi connectivity index (χ0n) is 42.5. The lowest BCUT2D eigenvalue weighted by Gasteiger charge is -2.48. The third-order valence-electron chi connectivity index (χ3n) is 18.4. The van der Waals surface area contributed by atoms with Gasteiger partial charge in [-0.25, -0.2) is 9.97 Å². The van der Waals surface area contributed by atoms with E-state index in [-0.39, 0.29) is 53.5 Å². The lowest BCUT2D eigenvalue weighted by molar-refractivity contribution is -0.150. The number of nitrogens with zero attached hydrogens (tertiary/aromatic N) is 8. The summed E-state index contributed by atoms with van der Waals surface area (Å²) in [4.78, 5) is 89.2. The molecule has 12 rings (SSSR count). The highest BCUT2D eigenvalue weighted by atomic mass is 16.2. The second-order valence-electron chi connectivity index (χ2n) is 23.3. The molecule has 2 aromatic carbocycles. The summed E-state index contributed by atoms with van der Waals surface area (Å²) in [6.45, 7) is 12.5. The van der Waals surface area contributed by atoms with E-state index in [0.29, 0.717) is 76.8 Å². The first-order valence-electron chi connectivity index (χ1n) is 27.5. The molecule has 5 amide bonds. The molecular formula is C57H72N10O5. The molecule has 380 valence electrons. The van der Waals surface area contributed by atoms with Crippen molar-refractivity contribution in [3.05, 3.63) is 66.0 Å². The smallest absolute Gasteiger partial charge is 0.238 e. The van der Waals surface area contributed by atoms with Gasteiger partial charge >= 0.3 is 0 Å². The van der Waals surface area contributed by atoms with Gasteiger partial charge in [-0.1, -0.05) is 37.6 Å². The van der Waals surface area contributed by atoms with Gasteiger partial charge in [0.2, 0.25) is 29.5 Å². The van der Waals surface area contributed by atoms with Gasteiger partial charge in [0, 0.05) is 98.1 Å². The predicted molar refractivity (Wildman–Crippen MR) is 278 cm³/mol. The number of aromatic nitrogens is 3. The SMILES string of the molecule is CC(C)n1cnc2cc(-c3ccc4c(c3)N([C@H]3C[C@@H](N5CCCCC5)C3)C(=O)C43CCN(C(=O)C4(C)CCN(C(=O)C5CCN(c6ccc(C7CCC(=O)NC7=O)cc6)CC5)CC4)CC3)nc(NC3CC3)c21. The van der Waals surface area contributed by atoms with E-state index < -0.39 is 10.8 Å². The molecule has 6 aliphatic heterocycles. The Morgan fingerprint density at radius 2 is 1.49 bits per heavy atom. The maximum absolute atomic E-state index is 15.3. The molecular weight excluding hydrogens is 905 g/mol. The van der Waals surface area contributed by atoms with Gasteiger partial charge in [0.15, 0.2) is 5.82 Å². The molecule has 0 bridgehead atoms. The number of piperidine rings is 5. The number of fused-ring (bicyclic) bond motifs is 3. The van der Waals surface area contributed by atoms with Crippen LogP contribution in [0.3, 0.4) is 0 Å². The van der Waals surface area contributed by atoms with Crippen molar-refractivity contribution in [3.63, 3.8) is 0 Å². The molecule has 1 atom stereocenters. The quantitative estimate of drug-likeness (QED) is 0.152. The molecule has 5 saturated heterocycles. The van der Waals surface area contributed by atoms with Crippen molar-refractivity contribution in [1.29, 1.82) is 0 Å².